The zero-order chi connectivity index (χ0) is 30.4. The average molecular weight is 589 g/mol. The monoisotopic (exact) mass is 588 g/mol. The third kappa shape index (κ3) is 3.45. The fraction of sp³-hybridized carbons (Fsp3) is 0.0465. The van der Waals surface area contributed by atoms with Gasteiger partial charge in [-0.15, -0.1) is 0 Å². The number of nitrogens with zero attached hydrogens (tertiary/aromatic N) is 2. The van der Waals surface area contributed by atoms with Gasteiger partial charge in [-0.25, -0.2) is 4.98 Å². The third-order valence-electron chi connectivity index (χ3n) is 9.70. The highest BCUT2D eigenvalue weighted by atomic mass is 16.5. The fourth-order valence-corrected chi connectivity index (χ4v) is 7.75. The van der Waals surface area contributed by atoms with Crippen molar-refractivity contribution in [1.82, 2.24) is 9.55 Å². The van der Waals surface area contributed by atoms with Crippen molar-refractivity contribution in [3.05, 3.63) is 145 Å². The lowest BCUT2D eigenvalue weighted by molar-refractivity contribution is 0.474. The number of hydrogen-bond donors (Lipinski definition) is 0. The molecule has 1 aromatic heterocycles. The maximum Gasteiger partial charge on any atom is 0.153 e. The Morgan fingerprint density at radius 3 is 1.89 bits per heavy atom. The van der Waals surface area contributed by atoms with Crippen LogP contribution in [0.15, 0.2) is 140 Å². The normalized spacial score (nSPS) is 12.3. The van der Waals surface area contributed by atoms with Crippen LogP contribution in [0.3, 0.4) is 0 Å². The molecule has 10 rings (SSSR count). The summed E-state index contributed by atoms with van der Waals surface area (Å²) < 4.78 is 8.94. The van der Waals surface area contributed by atoms with E-state index in [0.717, 1.165) is 46.0 Å². The number of imidazole rings is 1. The molecule has 9 aromatic rings. The molecule has 0 saturated carbocycles. The molecular formula is C43H28N2O. The predicted octanol–water partition coefficient (Wildman–Crippen LogP) is 11.6. The van der Waals surface area contributed by atoms with E-state index in [1.54, 1.807) is 0 Å². The van der Waals surface area contributed by atoms with Crippen molar-refractivity contribution >= 4 is 54.1 Å². The number of fused-ring (bicyclic) bond motifs is 7. The molecule has 46 heavy (non-hydrogen) atoms. The van der Waals surface area contributed by atoms with Crippen LogP contribution in [0.2, 0.25) is 0 Å². The lowest BCUT2D eigenvalue weighted by Crippen LogP contribution is -2.09. The SMILES string of the molecule is CCc1nc2cccc3c2n1-c1c(cccc1-c1c2ccccc2c(-c2ccc4ccc5ccccc5c4c2)c2ccccc12)O3. The summed E-state index contributed by atoms with van der Waals surface area (Å²) in [6.07, 6.45) is 0.818. The molecule has 0 fully saturated rings. The summed E-state index contributed by atoms with van der Waals surface area (Å²) in [4.78, 5) is 5.04. The van der Waals surface area contributed by atoms with Crippen molar-refractivity contribution in [2.75, 3.05) is 0 Å². The van der Waals surface area contributed by atoms with Gasteiger partial charge in [0.05, 0.1) is 11.2 Å². The van der Waals surface area contributed by atoms with Crippen molar-refractivity contribution < 1.29 is 4.74 Å². The highest BCUT2D eigenvalue weighted by molar-refractivity contribution is 6.23. The highest BCUT2D eigenvalue weighted by Crippen LogP contribution is 2.50. The minimum absolute atomic E-state index is 0.818. The topological polar surface area (TPSA) is 27.1 Å². The van der Waals surface area contributed by atoms with E-state index < -0.39 is 0 Å². The number of para-hydroxylation sites is 2. The first kappa shape index (κ1) is 25.4. The van der Waals surface area contributed by atoms with Gasteiger partial charge in [0.1, 0.15) is 11.3 Å². The molecule has 0 radical (unpaired) electrons. The van der Waals surface area contributed by atoms with Gasteiger partial charge in [-0.1, -0.05) is 122 Å². The van der Waals surface area contributed by atoms with E-state index >= 15 is 0 Å². The minimum Gasteiger partial charge on any atom is -0.453 e. The zero-order valence-electron chi connectivity index (χ0n) is 25.3. The zero-order valence-corrected chi connectivity index (χ0v) is 25.3. The van der Waals surface area contributed by atoms with Crippen LogP contribution >= 0.6 is 0 Å². The lowest BCUT2D eigenvalue weighted by atomic mass is 9.84. The van der Waals surface area contributed by atoms with Gasteiger partial charge in [-0.2, -0.15) is 0 Å². The summed E-state index contributed by atoms with van der Waals surface area (Å²) in [6, 6.07) is 50.4. The Hall–Kier alpha value is -5.93. The number of aromatic nitrogens is 2. The van der Waals surface area contributed by atoms with Crippen molar-refractivity contribution in [2.24, 2.45) is 0 Å². The Labute approximate surface area is 265 Å². The lowest BCUT2D eigenvalue weighted by Gasteiger charge is -2.25. The van der Waals surface area contributed by atoms with Crippen LogP contribution in [-0.4, -0.2) is 9.55 Å². The Balaban J connectivity index is 1.32. The average Bonchev–Trinajstić information content (AvgIpc) is 3.50. The molecule has 0 aliphatic carbocycles. The molecular weight excluding hydrogens is 560 g/mol. The fourth-order valence-electron chi connectivity index (χ4n) is 7.75. The molecule has 3 heteroatoms. The van der Waals surface area contributed by atoms with Gasteiger partial charge in [-0.3, -0.25) is 4.57 Å². The summed E-state index contributed by atoms with van der Waals surface area (Å²) in [7, 11) is 0. The summed E-state index contributed by atoms with van der Waals surface area (Å²) in [5, 5.41) is 9.97. The Bertz CT molecular complexity index is 2660. The molecule has 0 bridgehead atoms. The van der Waals surface area contributed by atoms with Crippen LogP contribution in [-0.2, 0) is 6.42 Å². The van der Waals surface area contributed by atoms with E-state index in [2.05, 4.69) is 139 Å². The molecule has 0 N–H and O–H groups in total. The van der Waals surface area contributed by atoms with Crippen LogP contribution in [0.25, 0.3) is 82.1 Å². The highest BCUT2D eigenvalue weighted by Gasteiger charge is 2.28. The molecule has 1 aliphatic heterocycles. The van der Waals surface area contributed by atoms with Gasteiger partial charge in [-0.05, 0) is 84.0 Å². The Morgan fingerprint density at radius 2 is 1.15 bits per heavy atom. The molecule has 0 saturated heterocycles. The second kappa shape index (κ2) is 9.53. The number of aryl methyl sites for hydroxylation is 1. The number of hydrogen-bond acceptors (Lipinski definition) is 2. The smallest absolute Gasteiger partial charge is 0.153 e. The largest absolute Gasteiger partial charge is 0.453 e. The minimum atomic E-state index is 0.818. The second-order valence-corrected chi connectivity index (χ2v) is 12.2. The number of benzene rings is 8. The molecule has 0 amide bonds. The van der Waals surface area contributed by atoms with Gasteiger partial charge >= 0.3 is 0 Å². The molecule has 0 spiro atoms. The van der Waals surface area contributed by atoms with Gasteiger partial charge < -0.3 is 4.74 Å². The van der Waals surface area contributed by atoms with E-state index in [1.165, 1.54) is 59.8 Å². The van der Waals surface area contributed by atoms with E-state index in [4.69, 9.17) is 9.72 Å². The third-order valence-corrected chi connectivity index (χ3v) is 9.70. The van der Waals surface area contributed by atoms with Crippen molar-refractivity contribution in [2.45, 2.75) is 13.3 Å². The van der Waals surface area contributed by atoms with Gasteiger partial charge in [0.15, 0.2) is 11.5 Å². The first-order valence-electron chi connectivity index (χ1n) is 16.0. The second-order valence-electron chi connectivity index (χ2n) is 12.2. The quantitative estimate of drug-likeness (QED) is 0.152. The van der Waals surface area contributed by atoms with Gasteiger partial charge in [0.25, 0.3) is 0 Å². The maximum absolute atomic E-state index is 6.60. The maximum atomic E-state index is 6.60. The summed E-state index contributed by atoms with van der Waals surface area (Å²) in [5.74, 6) is 2.74. The summed E-state index contributed by atoms with van der Waals surface area (Å²) in [6.45, 7) is 2.18. The van der Waals surface area contributed by atoms with Crippen molar-refractivity contribution in [3.63, 3.8) is 0 Å². The van der Waals surface area contributed by atoms with E-state index in [-0.39, 0.29) is 0 Å². The van der Waals surface area contributed by atoms with Crippen molar-refractivity contribution in [3.8, 4) is 39.4 Å². The van der Waals surface area contributed by atoms with Gasteiger partial charge in [0.2, 0.25) is 0 Å². The molecule has 1 aliphatic rings. The van der Waals surface area contributed by atoms with E-state index in [9.17, 15) is 0 Å². The van der Waals surface area contributed by atoms with E-state index in [1.807, 2.05) is 12.1 Å². The van der Waals surface area contributed by atoms with Crippen molar-refractivity contribution in [1.29, 1.82) is 0 Å². The van der Waals surface area contributed by atoms with Crippen LogP contribution in [0, 0.1) is 0 Å². The Kier molecular flexibility index (Phi) is 5.26. The summed E-state index contributed by atoms with van der Waals surface area (Å²) in [5.41, 5.74) is 7.89. The van der Waals surface area contributed by atoms with Gasteiger partial charge in [0, 0.05) is 12.0 Å². The first-order valence-corrected chi connectivity index (χ1v) is 16.0. The molecule has 0 atom stereocenters. The molecule has 2 heterocycles. The number of ether oxygens (including phenoxy) is 1. The summed E-state index contributed by atoms with van der Waals surface area (Å²) >= 11 is 0. The number of rotatable bonds is 3. The van der Waals surface area contributed by atoms with Crippen LogP contribution in [0.5, 0.6) is 11.5 Å². The van der Waals surface area contributed by atoms with E-state index in [0.29, 0.717) is 0 Å². The first-order chi connectivity index (χ1) is 22.8. The molecule has 216 valence electrons. The Morgan fingerprint density at radius 1 is 0.543 bits per heavy atom. The molecule has 8 aromatic carbocycles. The standard InChI is InChI=1S/C43H28N2O/c1-2-39-44-36-18-10-20-38-43(36)45(39)42-34(17-9-19-37(42)46-38)41-32-15-7-5-13-30(32)40(31-14-6-8-16-33(31)41)28-24-23-27-22-21-26-11-3-4-12-29(26)35(27)25-28/h3-25H,2H2,1H3. The predicted molar refractivity (Wildman–Crippen MR) is 191 cm³/mol. The molecule has 0 unspecified atom stereocenters. The van der Waals surface area contributed by atoms with Crippen LogP contribution in [0.1, 0.15) is 12.7 Å². The van der Waals surface area contributed by atoms with Crippen LogP contribution < -0.4 is 4.74 Å². The molecule has 3 nitrogen and oxygen atoms in total. The van der Waals surface area contributed by atoms with Crippen LogP contribution in [0.4, 0.5) is 0 Å².